The number of hydrogen-bond acceptors (Lipinski definition) is 4. The fourth-order valence-corrected chi connectivity index (χ4v) is 3.09. The fourth-order valence-electron chi connectivity index (χ4n) is 2.89. The van der Waals surface area contributed by atoms with Crippen molar-refractivity contribution in [1.82, 2.24) is 0 Å². The van der Waals surface area contributed by atoms with Crippen LogP contribution >= 0.6 is 11.6 Å². The zero-order valence-corrected chi connectivity index (χ0v) is 16.7. The van der Waals surface area contributed by atoms with E-state index in [1.807, 2.05) is 42.5 Å². The predicted octanol–water partition coefficient (Wildman–Crippen LogP) is 4.77. The van der Waals surface area contributed by atoms with Gasteiger partial charge < -0.3 is 15.4 Å². The maximum Gasteiger partial charge on any atom is 0.339 e. The van der Waals surface area contributed by atoms with Gasteiger partial charge in [-0.25, -0.2) is 4.79 Å². The summed E-state index contributed by atoms with van der Waals surface area (Å²) in [7, 11) is 1.29. The van der Waals surface area contributed by atoms with Gasteiger partial charge in [-0.2, -0.15) is 0 Å². The molecule has 0 spiro atoms. The highest BCUT2D eigenvalue weighted by Crippen LogP contribution is 2.22. The third-order valence-electron chi connectivity index (χ3n) is 4.35. The molecule has 0 saturated heterocycles. The van der Waals surface area contributed by atoms with Crippen LogP contribution in [-0.4, -0.2) is 25.5 Å². The van der Waals surface area contributed by atoms with Crippen LogP contribution in [0.3, 0.4) is 0 Å². The number of ether oxygens (including phenoxy) is 1. The van der Waals surface area contributed by atoms with Gasteiger partial charge in [0.05, 0.1) is 24.2 Å². The van der Waals surface area contributed by atoms with Gasteiger partial charge in [0, 0.05) is 11.4 Å². The molecule has 0 saturated carbocycles. The number of amides is 1. The van der Waals surface area contributed by atoms with Gasteiger partial charge in [-0.15, -0.1) is 0 Å². The highest BCUT2D eigenvalue weighted by atomic mass is 35.5. The van der Waals surface area contributed by atoms with E-state index in [0.717, 1.165) is 17.7 Å². The van der Waals surface area contributed by atoms with Crippen molar-refractivity contribution in [3.8, 4) is 0 Å². The molecule has 0 aromatic heterocycles. The highest BCUT2D eigenvalue weighted by molar-refractivity contribution is 6.33. The Morgan fingerprint density at radius 1 is 0.966 bits per heavy atom. The summed E-state index contributed by atoms with van der Waals surface area (Å²) in [6, 6.07) is 22.6. The third-order valence-corrected chi connectivity index (χ3v) is 4.68. The van der Waals surface area contributed by atoms with Crippen molar-refractivity contribution in [1.29, 1.82) is 0 Å². The minimum Gasteiger partial charge on any atom is -0.465 e. The molecule has 3 aromatic rings. The Morgan fingerprint density at radius 3 is 2.45 bits per heavy atom. The summed E-state index contributed by atoms with van der Waals surface area (Å²) < 4.78 is 4.71. The number of para-hydroxylation sites is 1. The first-order valence-electron chi connectivity index (χ1n) is 9.10. The van der Waals surface area contributed by atoms with Crippen molar-refractivity contribution < 1.29 is 14.3 Å². The summed E-state index contributed by atoms with van der Waals surface area (Å²) in [5, 5.41) is 6.24. The number of rotatable bonds is 7. The second kappa shape index (κ2) is 9.75. The van der Waals surface area contributed by atoms with Crippen LogP contribution in [-0.2, 0) is 16.0 Å². The molecule has 0 heterocycles. The largest absolute Gasteiger partial charge is 0.465 e. The van der Waals surface area contributed by atoms with Gasteiger partial charge in [-0.3, -0.25) is 4.79 Å². The summed E-state index contributed by atoms with van der Waals surface area (Å²) in [5.41, 5.74) is 3.82. The van der Waals surface area contributed by atoms with Gasteiger partial charge in [-0.05, 0) is 41.8 Å². The van der Waals surface area contributed by atoms with E-state index < -0.39 is 5.97 Å². The van der Waals surface area contributed by atoms with Crippen molar-refractivity contribution in [3.63, 3.8) is 0 Å². The molecule has 3 aromatic carbocycles. The molecular weight excluding hydrogens is 388 g/mol. The number of hydrogen-bond donors (Lipinski definition) is 2. The van der Waals surface area contributed by atoms with Gasteiger partial charge in [0.25, 0.3) is 0 Å². The first kappa shape index (κ1) is 20.4. The van der Waals surface area contributed by atoms with Gasteiger partial charge in [0.15, 0.2) is 0 Å². The Balaban J connectivity index is 1.64. The van der Waals surface area contributed by atoms with Crippen LogP contribution in [0.25, 0.3) is 0 Å². The van der Waals surface area contributed by atoms with Crippen molar-refractivity contribution in [2.24, 2.45) is 0 Å². The highest BCUT2D eigenvalue weighted by Gasteiger charge is 2.12. The Kier molecular flexibility index (Phi) is 6.87. The van der Waals surface area contributed by atoms with Crippen LogP contribution in [0.4, 0.5) is 11.4 Å². The molecule has 0 radical (unpaired) electrons. The van der Waals surface area contributed by atoms with Crippen LogP contribution in [0, 0.1) is 0 Å². The molecule has 0 aliphatic heterocycles. The molecular formula is C23H21ClN2O3. The zero-order valence-electron chi connectivity index (χ0n) is 15.9. The number of carbonyl (C=O) groups is 2. The third kappa shape index (κ3) is 5.59. The van der Waals surface area contributed by atoms with E-state index in [0.29, 0.717) is 10.7 Å². The summed E-state index contributed by atoms with van der Waals surface area (Å²) >= 11 is 6.02. The molecule has 0 aliphatic rings. The van der Waals surface area contributed by atoms with Gasteiger partial charge in [-0.1, -0.05) is 60.1 Å². The van der Waals surface area contributed by atoms with E-state index in [1.54, 1.807) is 18.2 Å². The van der Waals surface area contributed by atoms with Gasteiger partial charge >= 0.3 is 5.97 Å². The first-order valence-corrected chi connectivity index (χ1v) is 9.48. The van der Waals surface area contributed by atoms with E-state index in [1.165, 1.54) is 12.7 Å². The summed E-state index contributed by atoms with van der Waals surface area (Å²) in [4.78, 5) is 24.2. The van der Waals surface area contributed by atoms with Crippen molar-refractivity contribution in [2.75, 3.05) is 24.3 Å². The number of esters is 1. The SMILES string of the molecule is COC(=O)c1cc(NCC(=O)Nc2ccccc2Cc2ccccc2)ccc1Cl. The molecule has 0 aliphatic carbocycles. The lowest BCUT2D eigenvalue weighted by Gasteiger charge is -2.13. The lowest BCUT2D eigenvalue weighted by molar-refractivity contribution is -0.114. The van der Waals surface area contributed by atoms with E-state index >= 15 is 0 Å². The monoisotopic (exact) mass is 408 g/mol. The standard InChI is InChI=1S/C23H21ClN2O3/c1-29-23(28)19-14-18(11-12-20(19)24)25-15-22(27)26-21-10-6-5-9-17(21)13-16-7-3-2-4-8-16/h2-12,14,25H,13,15H2,1H3,(H,26,27). The minimum absolute atomic E-state index is 0.0436. The Labute approximate surface area is 174 Å². The van der Waals surface area contributed by atoms with Crippen LogP contribution in [0.5, 0.6) is 0 Å². The van der Waals surface area contributed by atoms with Crippen LogP contribution in [0.15, 0.2) is 72.8 Å². The maximum atomic E-state index is 12.4. The Morgan fingerprint density at radius 2 is 1.69 bits per heavy atom. The van der Waals surface area contributed by atoms with E-state index in [2.05, 4.69) is 22.8 Å². The second-order valence-corrected chi connectivity index (χ2v) is 6.81. The predicted molar refractivity (Wildman–Crippen MR) is 116 cm³/mol. The van der Waals surface area contributed by atoms with Crippen molar-refractivity contribution >= 4 is 34.9 Å². The normalized spacial score (nSPS) is 10.3. The smallest absolute Gasteiger partial charge is 0.339 e. The fraction of sp³-hybridized carbons (Fsp3) is 0.130. The molecule has 0 atom stereocenters. The molecule has 29 heavy (non-hydrogen) atoms. The summed E-state index contributed by atoms with van der Waals surface area (Å²) in [6.07, 6.45) is 0.727. The average molecular weight is 409 g/mol. The molecule has 1 amide bonds. The number of anilines is 2. The molecule has 3 rings (SSSR count). The Hall–Kier alpha value is -3.31. The maximum absolute atomic E-state index is 12.4. The molecule has 6 heteroatoms. The Bertz CT molecular complexity index is 1010. The van der Waals surface area contributed by atoms with Crippen molar-refractivity contribution in [3.05, 3.63) is 94.5 Å². The molecule has 0 bridgehead atoms. The number of carbonyl (C=O) groups excluding carboxylic acids is 2. The molecule has 2 N–H and O–H groups in total. The lowest BCUT2D eigenvalue weighted by Crippen LogP contribution is -2.22. The number of nitrogens with one attached hydrogen (secondary N) is 2. The van der Waals surface area contributed by atoms with Crippen LogP contribution in [0.2, 0.25) is 5.02 Å². The quantitative estimate of drug-likeness (QED) is 0.553. The van der Waals surface area contributed by atoms with Crippen LogP contribution < -0.4 is 10.6 Å². The molecule has 0 unspecified atom stereocenters. The minimum atomic E-state index is -0.530. The van der Waals surface area contributed by atoms with Gasteiger partial charge in [0.2, 0.25) is 5.91 Å². The van der Waals surface area contributed by atoms with E-state index in [-0.39, 0.29) is 18.0 Å². The number of benzene rings is 3. The van der Waals surface area contributed by atoms with Crippen molar-refractivity contribution in [2.45, 2.75) is 6.42 Å². The average Bonchev–Trinajstić information content (AvgIpc) is 2.75. The van der Waals surface area contributed by atoms with Crippen LogP contribution in [0.1, 0.15) is 21.5 Å². The lowest BCUT2D eigenvalue weighted by atomic mass is 10.0. The van der Waals surface area contributed by atoms with Gasteiger partial charge in [0.1, 0.15) is 0 Å². The molecule has 0 fully saturated rings. The topological polar surface area (TPSA) is 67.4 Å². The van der Waals surface area contributed by atoms with E-state index in [4.69, 9.17) is 16.3 Å². The summed E-state index contributed by atoms with van der Waals surface area (Å²) in [6.45, 7) is 0.0436. The zero-order chi connectivity index (χ0) is 20.6. The van der Waals surface area contributed by atoms with E-state index in [9.17, 15) is 9.59 Å². The first-order chi connectivity index (χ1) is 14.1. The number of methoxy groups -OCH3 is 1. The summed E-state index contributed by atoms with van der Waals surface area (Å²) in [5.74, 6) is -0.724. The second-order valence-electron chi connectivity index (χ2n) is 6.41. The molecule has 5 nitrogen and oxygen atoms in total. The number of halogens is 1. The molecule has 148 valence electrons.